The van der Waals surface area contributed by atoms with Crippen LogP contribution in [0, 0.1) is 13.8 Å². The molecule has 2 N–H and O–H groups in total. The Morgan fingerprint density at radius 3 is 2.16 bits per heavy atom. The van der Waals surface area contributed by atoms with E-state index in [-0.39, 0.29) is 0 Å². The highest BCUT2D eigenvalue weighted by atomic mass is 15.2. The van der Waals surface area contributed by atoms with Gasteiger partial charge in [-0.15, -0.1) is 0 Å². The number of aromatic nitrogens is 1. The molecule has 0 amide bonds. The van der Waals surface area contributed by atoms with Gasteiger partial charge in [0.05, 0.1) is 0 Å². The number of aryl methyl sites for hydroxylation is 2. The molecule has 1 heterocycles. The van der Waals surface area contributed by atoms with Gasteiger partial charge in [0.2, 0.25) is 0 Å². The first kappa shape index (κ1) is 16.0. The fourth-order valence-corrected chi connectivity index (χ4v) is 2.38. The van der Waals surface area contributed by atoms with Crippen LogP contribution in [-0.4, -0.2) is 18.1 Å². The van der Waals surface area contributed by atoms with Crippen LogP contribution in [0.3, 0.4) is 0 Å². The van der Waals surface area contributed by atoms with E-state index in [4.69, 9.17) is 10.7 Å². The van der Waals surface area contributed by atoms with E-state index in [1.807, 2.05) is 0 Å². The standard InChI is InChI=1S/C16H29N3/c1-5-7-9-19(10-8-6-2)16-15(12-17)13(3)11-14(4)18-16/h11H,5-10,12,17H2,1-4H3. The third kappa shape index (κ3) is 4.50. The van der Waals surface area contributed by atoms with Crippen LogP contribution in [-0.2, 0) is 6.54 Å². The van der Waals surface area contributed by atoms with Gasteiger partial charge in [-0.3, -0.25) is 0 Å². The summed E-state index contributed by atoms with van der Waals surface area (Å²) in [5.74, 6) is 1.11. The largest absolute Gasteiger partial charge is 0.356 e. The first-order valence-corrected chi connectivity index (χ1v) is 7.56. The molecule has 0 fully saturated rings. The number of anilines is 1. The minimum absolute atomic E-state index is 0.573. The maximum Gasteiger partial charge on any atom is 0.133 e. The average molecular weight is 263 g/mol. The maximum absolute atomic E-state index is 5.93. The summed E-state index contributed by atoms with van der Waals surface area (Å²) in [5, 5.41) is 0. The van der Waals surface area contributed by atoms with E-state index in [9.17, 15) is 0 Å². The van der Waals surface area contributed by atoms with Gasteiger partial charge >= 0.3 is 0 Å². The van der Waals surface area contributed by atoms with E-state index in [2.05, 4.69) is 38.7 Å². The van der Waals surface area contributed by atoms with Crippen molar-refractivity contribution in [2.75, 3.05) is 18.0 Å². The number of nitrogens with two attached hydrogens (primary N) is 1. The van der Waals surface area contributed by atoms with Gasteiger partial charge in [-0.2, -0.15) is 0 Å². The molecule has 0 radical (unpaired) electrons. The highest BCUT2D eigenvalue weighted by Crippen LogP contribution is 2.23. The first-order chi connectivity index (χ1) is 9.13. The molecule has 0 saturated heterocycles. The Morgan fingerprint density at radius 1 is 1.11 bits per heavy atom. The van der Waals surface area contributed by atoms with Gasteiger partial charge in [-0.1, -0.05) is 26.7 Å². The average Bonchev–Trinajstić information content (AvgIpc) is 2.38. The van der Waals surface area contributed by atoms with E-state index >= 15 is 0 Å². The normalized spacial score (nSPS) is 10.8. The van der Waals surface area contributed by atoms with Crippen molar-refractivity contribution >= 4 is 5.82 Å². The van der Waals surface area contributed by atoms with Gasteiger partial charge in [-0.05, 0) is 38.3 Å². The molecule has 1 aromatic heterocycles. The second-order valence-corrected chi connectivity index (χ2v) is 5.28. The Kier molecular flexibility index (Phi) is 6.85. The molecule has 3 nitrogen and oxygen atoms in total. The van der Waals surface area contributed by atoms with E-state index < -0.39 is 0 Å². The van der Waals surface area contributed by atoms with Crippen molar-refractivity contribution in [2.24, 2.45) is 5.73 Å². The topological polar surface area (TPSA) is 42.2 Å². The first-order valence-electron chi connectivity index (χ1n) is 7.56. The lowest BCUT2D eigenvalue weighted by Crippen LogP contribution is -2.28. The Morgan fingerprint density at radius 2 is 1.68 bits per heavy atom. The van der Waals surface area contributed by atoms with Crippen LogP contribution in [0.1, 0.15) is 56.4 Å². The number of hydrogen-bond donors (Lipinski definition) is 1. The zero-order chi connectivity index (χ0) is 14.3. The molecular weight excluding hydrogens is 234 g/mol. The summed E-state index contributed by atoms with van der Waals surface area (Å²) in [7, 11) is 0. The van der Waals surface area contributed by atoms with Crippen molar-refractivity contribution in [3.05, 3.63) is 22.9 Å². The molecule has 1 rings (SSSR count). The predicted molar refractivity (Wildman–Crippen MR) is 83.6 cm³/mol. The van der Waals surface area contributed by atoms with Crippen LogP contribution in [0.15, 0.2) is 6.07 Å². The summed E-state index contributed by atoms with van der Waals surface area (Å²) < 4.78 is 0. The summed E-state index contributed by atoms with van der Waals surface area (Å²) in [5.41, 5.74) is 9.49. The van der Waals surface area contributed by atoms with Crippen LogP contribution in [0.4, 0.5) is 5.82 Å². The lowest BCUT2D eigenvalue weighted by molar-refractivity contribution is 0.666. The van der Waals surface area contributed by atoms with Crippen molar-refractivity contribution in [3.8, 4) is 0 Å². The van der Waals surface area contributed by atoms with E-state index in [0.29, 0.717) is 6.54 Å². The van der Waals surface area contributed by atoms with Crippen molar-refractivity contribution in [1.29, 1.82) is 0 Å². The van der Waals surface area contributed by atoms with Gasteiger partial charge in [0, 0.05) is 30.9 Å². The van der Waals surface area contributed by atoms with Gasteiger partial charge in [-0.25, -0.2) is 4.98 Å². The van der Waals surface area contributed by atoms with Gasteiger partial charge < -0.3 is 10.6 Å². The third-order valence-electron chi connectivity index (χ3n) is 3.52. The summed E-state index contributed by atoms with van der Waals surface area (Å²) in [6, 6.07) is 2.13. The molecule has 0 saturated carbocycles. The van der Waals surface area contributed by atoms with Crippen LogP contribution in [0.5, 0.6) is 0 Å². The highest BCUT2D eigenvalue weighted by Gasteiger charge is 2.14. The van der Waals surface area contributed by atoms with Crippen LogP contribution in [0.2, 0.25) is 0 Å². The van der Waals surface area contributed by atoms with Crippen LogP contribution in [0.25, 0.3) is 0 Å². The molecule has 108 valence electrons. The molecule has 19 heavy (non-hydrogen) atoms. The summed E-state index contributed by atoms with van der Waals surface area (Å²) >= 11 is 0. The zero-order valence-corrected chi connectivity index (χ0v) is 13.0. The monoisotopic (exact) mass is 263 g/mol. The molecule has 1 aromatic rings. The second kappa shape index (κ2) is 8.16. The lowest BCUT2D eigenvalue weighted by Gasteiger charge is -2.27. The Balaban J connectivity index is 3.04. The highest BCUT2D eigenvalue weighted by molar-refractivity contribution is 5.51. The molecule has 0 bridgehead atoms. The van der Waals surface area contributed by atoms with Gasteiger partial charge in [0.1, 0.15) is 5.82 Å². The molecular formula is C16H29N3. The zero-order valence-electron chi connectivity index (χ0n) is 13.0. The van der Waals surface area contributed by atoms with E-state index in [1.165, 1.54) is 36.8 Å². The number of unbranched alkanes of at least 4 members (excludes halogenated alkanes) is 2. The number of nitrogens with zero attached hydrogens (tertiary/aromatic N) is 2. The van der Waals surface area contributed by atoms with Crippen molar-refractivity contribution in [2.45, 2.75) is 59.9 Å². The minimum atomic E-state index is 0.573. The van der Waals surface area contributed by atoms with Crippen LogP contribution >= 0.6 is 0 Å². The van der Waals surface area contributed by atoms with Crippen molar-refractivity contribution in [1.82, 2.24) is 4.98 Å². The minimum Gasteiger partial charge on any atom is -0.356 e. The fraction of sp³-hybridized carbons (Fsp3) is 0.688. The Bertz CT molecular complexity index is 380. The number of hydrogen-bond acceptors (Lipinski definition) is 3. The van der Waals surface area contributed by atoms with E-state index in [1.54, 1.807) is 0 Å². The quantitative estimate of drug-likeness (QED) is 0.779. The number of rotatable bonds is 8. The van der Waals surface area contributed by atoms with Crippen LogP contribution < -0.4 is 10.6 Å². The molecule has 0 spiro atoms. The molecule has 3 heteroatoms. The molecule has 0 aromatic carbocycles. The van der Waals surface area contributed by atoms with E-state index in [0.717, 1.165) is 24.6 Å². The van der Waals surface area contributed by atoms with Crippen molar-refractivity contribution < 1.29 is 0 Å². The summed E-state index contributed by atoms with van der Waals surface area (Å²) in [6.07, 6.45) is 4.85. The van der Waals surface area contributed by atoms with Gasteiger partial charge in [0.15, 0.2) is 0 Å². The molecule has 0 aliphatic rings. The summed E-state index contributed by atoms with van der Waals surface area (Å²) in [4.78, 5) is 7.18. The lowest BCUT2D eigenvalue weighted by atomic mass is 10.1. The molecule has 0 unspecified atom stereocenters. The molecule has 0 atom stereocenters. The Labute approximate surface area is 118 Å². The number of pyridine rings is 1. The third-order valence-corrected chi connectivity index (χ3v) is 3.52. The molecule has 0 aliphatic carbocycles. The van der Waals surface area contributed by atoms with Gasteiger partial charge in [0.25, 0.3) is 0 Å². The predicted octanol–water partition coefficient (Wildman–Crippen LogP) is 3.56. The Hall–Kier alpha value is -1.09. The van der Waals surface area contributed by atoms with Crippen molar-refractivity contribution in [3.63, 3.8) is 0 Å². The maximum atomic E-state index is 5.93. The smallest absolute Gasteiger partial charge is 0.133 e. The molecule has 0 aliphatic heterocycles. The SMILES string of the molecule is CCCCN(CCCC)c1nc(C)cc(C)c1CN. The second-order valence-electron chi connectivity index (χ2n) is 5.28. The summed E-state index contributed by atoms with van der Waals surface area (Å²) in [6.45, 7) is 11.4. The fourth-order valence-electron chi connectivity index (χ4n) is 2.38.